The molecule has 1 aromatic carbocycles. The third-order valence-corrected chi connectivity index (χ3v) is 4.82. The van der Waals surface area contributed by atoms with Crippen molar-refractivity contribution in [2.24, 2.45) is 0 Å². The van der Waals surface area contributed by atoms with Gasteiger partial charge in [-0.1, -0.05) is 12.1 Å². The van der Waals surface area contributed by atoms with Crippen LogP contribution in [0.25, 0.3) is 22.2 Å². The molecule has 0 aliphatic carbocycles. The molecule has 0 saturated carbocycles. The van der Waals surface area contributed by atoms with E-state index in [1.807, 2.05) is 72.7 Å². The number of rotatable bonds is 3. The lowest BCUT2D eigenvalue weighted by atomic mass is 10.0. The number of pyridine rings is 1. The Labute approximate surface area is 188 Å². The first-order valence-corrected chi connectivity index (χ1v) is 10.6. The molecule has 8 heteroatoms. The van der Waals surface area contributed by atoms with E-state index in [2.05, 4.69) is 9.97 Å². The zero-order valence-corrected chi connectivity index (χ0v) is 19.8. The van der Waals surface area contributed by atoms with Gasteiger partial charge in [-0.25, -0.2) is 9.78 Å². The van der Waals surface area contributed by atoms with Gasteiger partial charge in [0, 0.05) is 34.9 Å². The third-order valence-electron chi connectivity index (χ3n) is 4.82. The van der Waals surface area contributed by atoms with Crippen molar-refractivity contribution in [3.8, 4) is 11.1 Å². The van der Waals surface area contributed by atoms with Gasteiger partial charge in [-0.2, -0.15) is 4.98 Å². The van der Waals surface area contributed by atoms with E-state index < -0.39 is 17.2 Å². The van der Waals surface area contributed by atoms with Crippen LogP contribution in [0, 0.1) is 0 Å². The third kappa shape index (κ3) is 4.74. The topological polar surface area (TPSA) is 103 Å². The normalized spacial score (nSPS) is 12.1. The number of nitrogen functional groups attached to an aromatic ring is 1. The second-order valence-electron chi connectivity index (χ2n) is 9.65. The monoisotopic (exact) mass is 437 g/mol. The molecule has 3 aromatic rings. The molecule has 2 N–H and O–H groups in total. The lowest BCUT2D eigenvalue weighted by molar-refractivity contribution is 0.0550. The zero-order chi connectivity index (χ0) is 23.8. The highest BCUT2D eigenvalue weighted by Crippen LogP contribution is 2.30. The first kappa shape index (κ1) is 23.2. The largest absolute Gasteiger partial charge is 0.443 e. The summed E-state index contributed by atoms with van der Waals surface area (Å²) >= 11 is 0. The van der Waals surface area contributed by atoms with Crippen molar-refractivity contribution in [2.75, 3.05) is 10.6 Å². The molecule has 0 radical (unpaired) electrons. The number of nitrogens with two attached hydrogens (primary N) is 1. The summed E-state index contributed by atoms with van der Waals surface area (Å²) in [6, 6.07) is 9.10. The number of amides is 1. The number of fused-ring (bicyclic) bond motifs is 1. The minimum atomic E-state index is -0.632. The molecule has 0 aliphatic rings. The molecule has 170 valence electrons. The van der Waals surface area contributed by atoms with E-state index >= 15 is 0 Å². The number of nitrogens with zero attached hydrogens (tertiary/aromatic N) is 4. The van der Waals surface area contributed by atoms with Crippen molar-refractivity contribution in [1.82, 2.24) is 14.5 Å². The second kappa shape index (κ2) is 8.26. The number of benzene rings is 1. The fourth-order valence-electron chi connectivity index (χ4n) is 3.56. The molecule has 0 unspecified atom stereocenters. The fourth-order valence-corrected chi connectivity index (χ4v) is 3.56. The molecule has 0 bridgehead atoms. The van der Waals surface area contributed by atoms with Crippen LogP contribution < -0.4 is 16.2 Å². The summed E-state index contributed by atoms with van der Waals surface area (Å²) < 4.78 is 7.22. The van der Waals surface area contributed by atoms with Crippen molar-refractivity contribution in [3.05, 3.63) is 46.9 Å². The fraction of sp³-hybridized carbons (Fsp3) is 0.417. The summed E-state index contributed by atoms with van der Waals surface area (Å²) in [5, 5.41) is 0.709. The van der Waals surface area contributed by atoms with E-state index in [-0.39, 0.29) is 11.5 Å². The van der Waals surface area contributed by atoms with Gasteiger partial charge in [-0.05, 0) is 72.2 Å². The van der Waals surface area contributed by atoms with Crippen molar-refractivity contribution >= 4 is 28.8 Å². The van der Waals surface area contributed by atoms with Crippen LogP contribution in [0.3, 0.4) is 0 Å². The quantitative estimate of drug-likeness (QED) is 0.642. The van der Waals surface area contributed by atoms with Crippen molar-refractivity contribution in [2.45, 2.75) is 66.2 Å². The lowest BCUT2D eigenvalue weighted by Crippen LogP contribution is -2.48. The molecule has 1 amide bonds. The van der Waals surface area contributed by atoms with Crippen LogP contribution in [-0.2, 0) is 11.3 Å². The molecule has 3 rings (SSSR count). The number of ether oxygens (including phenoxy) is 1. The minimum absolute atomic E-state index is 0.118. The van der Waals surface area contributed by atoms with Crippen molar-refractivity contribution < 1.29 is 9.53 Å². The molecular weight excluding hydrogens is 406 g/mol. The Kier molecular flexibility index (Phi) is 6.00. The summed E-state index contributed by atoms with van der Waals surface area (Å²) in [5.74, 6) is 0.118. The first-order chi connectivity index (χ1) is 14.8. The standard InChI is InChI=1S/C24H31N5O3/c1-8-28-19-16(14-26-21(25)27-19)13-18(20(28)30)15-10-9-11-17(12-15)29(23(2,3)4)22(31)32-24(5,6)7/h9-14H,8H2,1-7H3,(H2,25,26,27). The Bertz CT molecular complexity index is 1220. The van der Waals surface area contributed by atoms with Gasteiger partial charge in [0.05, 0.1) is 0 Å². The molecule has 0 aliphatic heterocycles. The van der Waals surface area contributed by atoms with E-state index in [0.29, 0.717) is 34.4 Å². The van der Waals surface area contributed by atoms with Crippen LogP contribution in [-0.4, -0.2) is 31.8 Å². The molecule has 0 fully saturated rings. The van der Waals surface area contributed by atoms with Crippen molar-refractivity contribution in [1.29, 1.82) is 0 Å². The number of anilines is 2. The summed E-state index contributed by atoms with van der Waals surface area (Å²) in [7, 11) is 0. The van der Waals surface area contributed by atoms with Gasteiger partial charge in [0.1, 0.15) is 11.2 Å². The summed E-state index contributed by atoms with van der Waals surface area (Å²) in [4.78, 5) is 36.2. The van der Waals surface area contributed by atoms with E-state index in [0.717, 1.165) is 0 Å². The molecule has 32 heavy (non-hydrogen) atoms. The van der Waals surface area contributed by atoms with E-state index in [1.165, 1.54) is 0 Å². The SMILES string of the molecule is CCn1c(=O)c(-c2cccc(N(C(=O)OC(C)(C)C)C(C)(C)C)c2)cc2cnc(N)nc21. The molecule has 0 spiro atoms. The lowest BCUT2D eigenvalue weighted by Gasteiger charge is -2.37. The highest BCUT2D eigenvalue weighted by Gasteiger charge is 2.32. The van der Waals surface area contributed by atoms with Crippen LogP contribution >= 0.6 is 0 Å². The van der Waals surface area contributed by atoms with Gasteiger partial charge in [0.2, 0.25) is 5.95 Å². The summed E-state index contributed by atoms with van der Waals surface area (Å²) in [6.45, 7) is 13.6. The number of hydrogen-bond acceptors (Lipinski definition) is 6. The molecule has 2 aromatic heterocycles. The van der Waals surface area contributed by atoms with Crippen LogP contribution in [0.2, 0.25) is 0 Å². The van der Waals surface area contributed by atoms with Gasteiger partial charge in [0.25, 0.3) is 5.56 Å². The molecular formula is C24H31N5O3. The summed E-state index contributed by atoms with van der Waals surface area (Å²) in [6.07, 6.45) is 1.16. The van der Waals surface area contributed by atoms with Crippen LogP contribution in [0.4, 0.5) is 16.4 Å². The maximum atomic E-state index is 13.3. The molecule has 0 saturated heterocycles. The van der Waals surface area contributed by atoms with Gasteiger partial charge >= 0.3 is 6.09 Å². The van der Waals surface area contributed by atoms with Crippen molar-refractivity contribution in [3.63, 3.8) is 0 Å². The highest BCUT2D eigenvalue weighted by atomic mass is 16.6. The van der Waals surface area contributed by atoms with E-state index in [9.17, 15) is 9.59 Å². The average molecular weight is 438 g/mol. The Balaban J connectivity index is 2.17. The van der Waals surface area contributed by atoms with Gasteiger partial charge in [-0.3, -0.25) is 14.3 Å². The minimum Gasteiger partial charge on any atom is -0.443 e. The molecule has 0 atom stereocenters. The summed E-state index contributed by atoms with van der Waals surface area (Å²) in [5.41, 5.74) is 6.68. The van der Waals surface area contributed by atoms with Gasteiger partial charge < -0.3 is 10.5 Å². The number of hydrogen-bond donors (Lipinski definition) is 1. The predicted octanol–water partition coefficient (Wildman–Crippen LogP) is 4.60. The number of carbonyl (C=O) groups is 1. The number of carbonyl (C=O) groups excluding carboxylic acids is 1. The average Bonchev–Trinajstić information content (AvgIpc) is 2.65. The van der Waals surface area contributed by atoms with Gasteiger partial charge in [-0.15, -0.1) is 0 Å². The Morgan fingerprint density at radius 2 is 1.84 bits per heavy atom. The van der Waals surface area contributed by atoms with Gasteiger partial charge in [0.15, 0.2) is 0 Å². The van der Waals surface area contributed by atoms with Crippen LogP contribution in [0.5, 0.6) is 0 Å². The Morgan fingerprint density at radius 3 is 2.44 bits per heavy atom. The molecule has 2 heterocycles. The Morgan fingerprint density at radius 1 is 1.16 bits per heavy atom. The maximum Gasteiger partial charge on any atom is 0.415 e. The first-order valence-electron chi connectivity index (χ1n) is 10.6. The second-order valence-corrected chi connectivity index (χ2v) is 9.65. The highest BCUT2D eigenvalue weighted by molar-refractivity contribution is 5.91. The zero-order valence-electron chi connectivity index (χ0n) is 19.8. The van der Waals surface area contributed by atoms with E-state index in [1.54, 1.807) is 21.7 Å². The number of aromatic nitrogens is 3. The maximum absolute atomic E-state index is 13.3. The number of aryl methyl sites for hydroxylation is 1. The predicted molar refractivity (Wildman–Crippen MR) is 128 cm³/mol. The smallest absolute Gasteiger partial charge is 0.415 e. The van der Waals surface area contributed by atoms with E-state index in [4.69, 9.17) is 10.5 Å². The van der Waals surface area contributed by atoms with Crippen LogP contribution in [0.1, 0.15) is 48.5 Å². The Hall–Kier alpha value is -3.42. The molecule has 8 nitrogen and oxygen atoms in total. The van der Waals surface area contributed by atoms with Crippen LogP contribution in [0.15, 0.2) is 41.3 Å².